The van der Waals surface area contributed by atoms with E-state index in [1.807, 2.05) is 42.5 Å². The molecule has 1 aliphatic rings. The van der Waals surface area contributed by atoms with Gasteiger partial charge in [0.25, 0.3) is 0 Å². The predicted molar refractivity (Wildman–Crippen MR) is 84.3 cm³/mol. The molecule has 0 radical (unpaired) electrons. The number of primary amides is 1. The number of nitrogens with two attached hydrogens (primary N) is 1. The number of nitrogens with one attached hydrogen (secondary N) is 1. The summed E-state index contributed by atoms with van der Waals surface area (Å²) in [5, 5.41) is 3.17. The number of methoxy groups -OCH3 is 1. The van der Waals surface area contributed by atoms with E-state index in [0.29, 0.717) is 23.8 Å². The van der Waals surface area contributed by atoms with Crippen molar-refractivity contribution in [2.75, 3.05) is 13.9 Å². The molecule has 3 N–H and O–H groups in total. The Morgan fingerprint density at radius 3 is 2.78 bits per heavy atom. The van der Waals surface area contributed by atoms with Crippen molar-refractivity contribution in [1.29, 1.82) is 0 Å². The third-order valence-electron chi connectivity index (χ3n) is 3.65. The largest absolute Gasteiger partial charge is 0.493 e. The van der Waals surface area contributed by atoms with Crippen molar-refractivity contribution >= 4 is 5.91 Å². The molecule has 120 valence electrons. The van der Waals surface area contributed by atoms with Crippen LogP contribution >= 0.6 is 0 Å². The lowest BCUT2D eigenvalue weighted by molar-refractivity contribution is -0.120. The SMILES string of the molecule is COc1cc(CN[C@H](C(N)=O)c2ccccc2)cc2c1OCO2. The van der Waals surface area contributed by atoms with Gasteiger partial charge in [-0.25, -0.2) is 0 Å². The van der Waals surface area contributed by atoms with Crippen LogP contribution in [0.3, 0.4) is 0 Å². The van der Waals surface area contributed by atoms with E-state index in [0.717, 1.165) is 11.1 Å². The molecule has 0 spiro atoms. The first-order valence-corrected chi connectivity index (χ1v) is 7.23. The zero-order valence-corrected chi connectivity index (χ0v) is 12.7. The van der Waals surface area contributed by atoms with Crippen molar-refractivity contribution in [1.82, 2.24) is 5.32 Å². The lowest BCUT2D eigenvalue weighted by atomic mass is 10.1. The average Bonchev–Trinajstić information content (AvgIpc) is 3.03. The molecule has 0 aliphatic carbocycles. The van der Waals surface area contributed by atoms with E-state index in [1.54, 1.807) is 7.11 Å². The molecule has 0 unspecified atom stereocenters. The van der Waals surface area contributed by atoms with Crippen molar-refractivity contribution in [2.24, 2.45) is 5.73 Å². The topological polar surface area (TPSA) is 82.8 Å². The number of benzene rings is 2. The number of carbonyl (C=O) groups is 1. The van der Waals surface area contributed by atoms with Crippen LogP contribution in [0.4, 0.5) is 0 Å². The molecule has 6 nitrogen and oxygen atoms in total. The minimum absolute atomic E-state index is 0.177. The molecule has 2 aromatic carbocycles. The van der Waals surface area contributed by atoms with Gasteiger partial charge in [-0.05, 0) is 23.3 Å². The van der Waals surface area contributed by atoms with E-state index in [-0.39, 0.29) is 6.79 Å². The third-order valence-corrected chi connectivity index (χ3v) is 3.65. The molecule has 0 aromatic heterocycles. The van der Waals surface area contributed by atoms with Gasteiger partial charge in [-0.2, -0.15) is 0 Å². The fraction of sp³-hybridized carbons (Fsp3) is 0.235. The van der Waals surface area contributed by atoms with E-state index >= 15 is 0 Å². The standard InChI is InChI=1S/C17H18N2O4/c1-21-13-7-11(8-14-16(13)23-10-22-14)9-19-15(17(18)20)12-5-3-2-4-6-12/h2-8,15,19H,9-10H2,1H3,(H2,18,20)/t15-/m0/s1. The summed E-state index contributed by atoms with van der Waals surface area (Å²) in [5.74, 6) is 1.42. The van der Waals surface area contributed by atoms with Crippen LogP contribution in [0.25, 0.3) is 0 Å². The Bertz CT molecular complexity index is 703. The van der Waals surface area contributed by atoms with E-state index in [4.69, 9.17) is 19.9 Å². The molecule has 1 aliphatic heterocycles. The summed E-state index contributed by atoms with van der Waals surface area (Å²) < 4.78 is 16.1. The van der Waals surface area contributed by atoms with Gasteiger partial charge in [0.15, 0.2) is 11.5 Å². The Labute approximate surface area is 134 Å². The molecule has 6 heteroatoms. The number of amides is 1. The Hall–Kier alpha value is -2.73. The van der Waals surface area contributed by atoms with Gasteiger partial charge in [-0.15, -0.1) is 0 Å². The second kappa shape index (κ2) is 6.58. The molecule has 3 rings (SSSR count). The summed E-state index contributed by atoms with van der Waals surface area (Å²) in [7, 11) is 1.57. The molecule has 2 aromatic rings. The number of hydrogen-bond donors (Lipinski definition) is 2. The van der Waals surface area contributed by atoms with Crippen molar-refractivity contribution in [2.45, 2.75) is 12.6 Å². The molecule has 1 heterocycles. The average molecular weight is 314 g/mol. The first-order valence-electron chi connectivity index (χ1n) is 7.23. The summed E-state index contributed by atoms with van der Waals surface area (Å²) >= 11 is 0. The van der Waals surface area contributed by atoms with Crippen LogP contribution in [0.1, 0.15) is 17.2 Å². The summed E-state index contributed by atoms with van der Waals surface area (Å²) in [6.45, 7) is 0.617. The molecule has 1 amide bonds. The van der Waals surface area contributed by atoms with Gasteiger partial charge in [0.2, 0.25) is 18.4 Å². The van der Waals surface area contributed by atoms with Crippen molar-refractivity contribution in [3.05, 3.63) is 53.6 Å². The van der Waals surface area contributed by atoms with E-state index in [2.05, 4.69) is 5.32 Å². The molecule has 0 bridgehead atoms. The monoisotopic (exact) mass is 314 g/mol. The summed E-state index contributed by atoms with van der Waals surface area (Å²) in [4.78, 5) is 11.7. The van der Waals surface area contributed by atoms with E-state index in [1.165, 1.54) is 0 Å². The summed E-state index contributed by atoms with van der Waals surface area (Å²) in [5.41, 5.74) is 7.25. The lowest BCUT2D eigenvalue weighted by Crippen LogP contribution is -2.33. The normalized spacial score (nSPS) is 13.6. The Morgan fingerprint density at radius 1 is 1.30 bits per heavy atom. The van der Waals surface area contributed by atoms with E-state index in [9.17, 15) is 4.79 Å². The van der Waals surface area contributed by atoms with Crippen LogP contribution in [0.5, 0.6) is 17.2 Å². The van der Waals surface area contributed by atoms with Gasteiger partial charge in [0, 0.05) is 6.54 Å². The highest BCUT2D eigenvalue weighted by atomic mass is 16.7. The maximum atomic E-state index is 11.7. The number of rotatable bonds is 6. The molecular weight excluding hydrogens is 296 g/mol. The van der Waals surface area contributed by atoms with Crippen molar-refractivity contribution in [3.8, 4) is 17.2 Å². The van der Waals surface area contributed by atoms with E-state index < -0.39 is 11.9 Å². The van der Waals surface area contributed by atoms with Gasteiger partial charge in [-0.3, -0.25) is 10.1 Å². The molecule has 23 heavy (non-hydrogen) atoms. The minimum atomic E-state index is -0.562. The fourth-order valence-corrected chi connectivity index (χ4v) is 2.53. The van der Waals surface area contributed by atoms with Crippen LogP contribution in [0.2, 0.25) is 0 Å². The van der Waals surface area contributed by atoms with Gasteiger partial charge in [0.05, 0.1) is 7.11 Å². The zero-order chi connectivity index (χ0) is 16.2. The molecular formula is C17H18N2O4. The molecule has 1 atom stereocenters. The number of carbonyl (C=O) groups excluding carboxylic acids is 1. The Balaban J connectivity index is 1.78. The maximum absolute atomic E-state index is 11.7. The zero-order valence-electron chi connectivity index (χ0n) is 12.7. The Morgan fingerprint density at radius 2 is 2.09 bits per heavy atom. The number of ether oxygens (including phenoxy) is 3. The maximum Gasteiger partial charge on any atom is 0.239 e. The van der Waals surface area contributed by atoms with Gasteiger partial charge < -0.3 is 19.9 Å². The summed E-state index contributed by atoms with van der Waals surface area (Å²) in [6, 6.07) is 12.5. The highest BCUT2D eigenvalue weighted by Crippen LogP contribution is 2.41. The highest BCUT2D eigenvalue weighted by molar-refractivity contribution is 5.81. The quantitative estimate of drug-likeness (QED) is 0.848. The lowest BCUT2D eigenvalue weighted by Gasteiger charge is -2.16. The van der Waals surface area contributed by atoms with Crippen LogP contribution in [-0.4, -0.2) is 19.8 Å². The number of fused-ring (bicyclic) bond motifs is 1. The van der Waals surface area contributed by atoms with Gasteiger partial charge in [0.1, 0.15) is 6.04 Å². The van der Waals surface area contributed by atoms with Crippen LogP contribution in [-0.2, 0) is 11.3 Å². The van der Waals surface area contributed by atoms with Crippen molar-refractivity contribution < 1.29 is 19.0 Å². The second-order valence-corrected chi connectivity index (χ2v) is 5.16. The molecule has 0 saturated heterocycles. The van der Waals surface area contributed by atoms with Crippen LogP contribution in [0.15, 0.2) is 42.5 Å². The number of hydrogen-bond acceptors (Lipinski definition) is 5. The highest BCUT2D eigenvalue weighted by Gasteiger charge is 2.21. The van der Waals surface area contributed by atoms with Gasteiger partial charge in [-0.1, -0.05) is 30.3 Å². The predicted octanol–water partition coefficient (Wildman–Crippen LogP) is 1.74. The van der Waals surface area contributed by atoms with Gasteiger partial charge >= 0.3 is 0 Å². The third kappa shape index (κ3) is 3.22. The summed E-state index contributed by atoms with van der Waals surface area (Å²) in [6.07, 6.45) is 0. The van der Waals surface area contributed by atoms with Crippen molar-refractivity contribution in [3.63, 3.8) is 0 Å². The molecule has 0 fully saturated rings. The first-order chi connectivity index (χ1) is 11.2. The molecule has 0 saturated carbocycles. The smallest absolute Gasteiger partial charge is 0.239 e. The van der Waals surface area contributed by atoms with Crippen LogP contribution < -0.4 is 25.3 Å². The first kappa shape index (κ1) is 15.2. The minimum Gasteiger partial charge on any atom is -0.493 e. The fourth-order valence-electron chi connectivity index (χ4n) is 2.53. The Kier molecular flexibility index (Phi) is 4.34. The second-order valence-electron chi connectivity index (χ2n) is 5.16. The van der Waals surface area contributed by atoms with Crippen LogP contribution in [0, 0.1) is 0 Å².